The molecule has 3 heterocycles. The molecule has 6 nitrogen and oxygen atoms in total. The van der Waals surface area contributed by atoms with Crippen LogP contribution in [-0.2, 0) is 11.3 Å². The Morgan fingerprint density at radius 1 is 1.30 bits per heavy atom. The third kappa shape index (κ3) is 4.05. The van der Waals surface area contributed by atoms with E-state index in [4.69, 9.17) is 0 Å². The third-order valence-electron chi connectivity index (χ3n) is 5.94. The number of aryl methyl sites for hydroxylation is 2. The zero-order valence-corrected chi connectivity index (χ0v) is 16.3. The molecule has 1 amide bonds. The van der Waals surface area contributed by atoms with Crippen molar-refractivity contribution in [3.63, 3.8) is 0 Å². The van der Waals surface area contributed by atoms with E-state index in [0.29, 0.717) is 0 Å². The lowest BCUT2D eigenvalue weighted by atomic mass is 10.0. The van der Waals surface area contributed by atoms with Gasteiger partial charge in [0.15, 0.2) is 0 Å². The number of amides is 1. The van der Waals surface area contributed by atoms with E-state index < -0.39 is 0 Å². The van der Waals surface area contributed by atoms with E-state index in [2.05, 4.69) is 38.0 Å². The van der Waals surface area contributed by atoms with Crippen LogP contribution in [0.15, 0.2) is 30.6 Å². The predicted octanol–water partition coefficient (Wildman–Crippen LogP) is 2.63. The molecule has 0 radical (unpaired) electrons. The maximum Gasteiger partial charge on any atom is 0.242 e. The summed E-state index contributed by atoms with van der Waals surface area (Å²) in [7, 11) is 0. The summed E-state index contributed by atoms with van der Waals surface area (Å²) in [6, 6.07) is 5.81. The Labute approximate surface area is 161 Å². The highest BCUT2D eigenvalue weighted by molar-refractivity contribution is 5.83. The fourth-order valence-corrected chi connectivity index (χ4v) is 4.16. The molecule has 0 unspecified atom stereocenters. The van der Waals surface area contributed by atoms with E-state index in [0.717, 1.165) is 63.1 Å². The summed E-state index contributed by atoms with van der Waals surface area (Å²) in [6.45, 7) is 7.68. The van der Waals surface area contributed by atoms with Crippen LogP contribution in [0.5, 0.6) is 0 Å². The number of aromatic nitrogens is 3. The zero-order chi connectivity index (χ0) is 18.9. The fraction of sp³-hybridized carbons (Fsp3) is 0.571. The van der Waals surface area contributed by atoms with E-state index >= 15 is 0 Å². The van der Waals surface area contributed by atoms with Gasteiger partial charge in [-0.1, -0.05) is 6.07 Å². The minimum absolute atomic E-state index is 0.101. The van der Waals surface area contributed by atoms with E-state index in [9.17, 15) is 4.79 Å². The van der Waals surface area contributed by atoms with Gasteiger partial charge in [0.05, 0.1) is 5.69 Å². The van der Waals surface area contributed by atoms with Gasteiger partial charge >= 0.3 is 0 Å². The lowest BCUT2D eigenvalue weighted by molar-refractivity contribution is -0.126. The molecule has 2 aromatic heterocycles. The second-order valence-corrected chi connectivity index (χ2v) is 8.23. The van der Waals surface area contributed by atoms with Crippen molar-refractivity contribution in [3.8, 4) is 0 Å². The topological polar surface area (TPSA) is 63.1 Å². The van der Waals surface area contributed by atoms with Crippen LogP contribution in [0.2, 0.25) is 0 Å². The van der Waals surface area contributed by atoms with Crippen molar-refractivity contribution in [2.45, 2.75) is 52.1 Å². The van der Waals surface area contributed by atoms with Gasteiger partial charge < -0.3 is 5.32 Å². The number of nitrogens with zero attached hydrogens (tertiary/aromatic N) is 4. The molecule has 0 bridgehead atoms. The van der Waals surface area contributed by atoms with E-state index in [1.165, 1.54) is 5.69 Å². The van der Waals surface area contributed by atoms with Crippen LogP contribution in [0.3, 0.4) is 0 Å². The minimum atomic E-state index is -0.231. The average molecular weight is 367 g/mol. The highest BCUT2D eigenvalue weighted by atomic mass is 16.2. The van der Waals surface area contributed by atoms with Crippen LogP contribution in [0.4, 0.5) is 0 Å². The summed E-state index contributed by atoms with van der Waals surface area (Å²) >= 11 is 0. The average Bonchev–Trinajstić information content (AvgIpc) is 3.06. The third-order valence-corrected chi connectivity index (χ3v) is 5.94. The molecular formula is C21H29N5O. The van der Waals surface area contributed by atoms with Crippen molar-refractivity contribution in [3.05, 3.63) is 47.5 Å². The zero-order valence-electron chi connectivity index (χ0n) is 16.3. The van der Waals surface area contributed by atoms with Crippen molar-refractivity contribution in [2.24, 2.45) is 5.41 Å². The van der Waals surface area contributed by atoms with Crippen LogP contribution < -0.4 is 5.32 Å². The molecule has 0 spiro atoms. The van der Waals surface area contributed by atoms with E-state index in [1.54, 1.807) is 6.20 Å². The Bertz CT molecular complexity index is 790. The van der Waals surface area contributed by atoms with Gasteiger partial charge in [0.2, 0.25) is 5.91 Å². The smallest absolute Gasteiger partial charge is 0.242 e. The van der Waals surface area contributed by atoms with Gasteiger partial charge in [-0.15, -0.1) is 0 Å². The summed E-state index contributed by atoms with van der Waals surface area (Å²) in [4.78, 5) is 19.6. The highest BCUT2D eigenvalue weighted by Gasteiger charge is 2.44. The molecule has 0 aromatic carbocycles. The number of nitrogens with one attached hydrogen (secondary N) is 1. The first-order valence-electron chi connectivity index (χ1n) is 9.99. The van der Waals surface area contributed by atoms with Crippen LogP contribution in [-0.4, -0.2) is 45.2 Å². The SMILES string of the molecule is Cc1cc(C)n(CC2(CNC(=O)[C@@H](c3cccnc3)N3CCCC3)CC2)n1. The van der Waals surface area contributed by atoms with Gasteiger partial charge in [-0.2, -0.15) is 5.10 Å². The van der Waals surface area contributed by atoms with E-state index in [1.807, 2.05) is 25.3 Å². The summed E-state index contributed by atoms with van der Waals surface area (Å²) < 4.78 is 2.09. The molecule has 1 N–H and O–H groups in total. The molecule has 2 aliphatic rings. The molecule has 1 saturated heterocycles. The van der Waals surface area contributed by atoms with Crippen molar-refractivity contribution < 1.29 is 4.79 Å². The summed E-state index contributed by atoms with van der Waals surface area (Å²) in [5.74, 6) is 0.101. The number of carbonyl (C=O) groups is 1. The first-order valence-corrected chi connectivity index (χ1v) is 9.99. The van der Waals surface area contributed by atoms with Gasteiger partial charge in [-0.05, 0) is 70.3 Å². The van der Waals surface area contributed by atoms with Crippen molar-refractivity contribution in [1.29, 1.82) is 0 Å². The van der Waals surface area contributed by atoms with Crippen LogP contribution >= 0.6 is 0 Å². The Hall–Kier alpha value is -2.21. The number of pyridine rings is 1. The molecule has 1 aliphatic heterocycles. The van der Waals surface area contributed by atoms with Gasteiger partial charge in [0.1, 0.15) is 6.04 Å². The highest BCUT2D eigenvalue weighted by Crippen LogP contribution is 2.46. The first kappa shape index (κ1) is 18.2. The van der Waals surface area contributed by atoms with Gasteiger partial charge in [0.25, 0.3) is 0 Å². The quantitative estimate of drug-likeness (QED) is 0.817. The standard InChI is InChI=1S/C21H29N5O/c1-16-12-17(2)26(24-16)15-21(7-8-21)14-23-20(27)19(25-10-3-4-11-25)18-6-5-9-22-13-18/h5-6,9,12-13,19H,3-4,7-8,10-11,14-15H2,1-2H3,(H,23,27)/t19-/m1/s1. The molecule has 144 valence electrons. The maximum atomic E-state index is 13.1. The number of hydrogen-bond acceptors (Lipinski definition) is 4. The summed E-state index contributed by atoms with van der Waals surface area (Å²) in [5, 5.41) is 7.85. The Morgan fingerprint density at radius 2 is 2.07 bits per heavy atom. The number of rotatable bonds is 7. The fourth-order valence-electron chi connectivity index (χ4n) is 4.16. The summed E-state index contributed by atoms with van der Waals surface area (Å²) in [5.41, 5.74) is 3.39. The second-order valence-electron chi connectivity index (χ2n) is 8.23. The summed E-state index contributed by atoms with van der Waals surface area (Å²) in [6.07, 6.45) is 8.19. The number of hydrogen-bond donors (Lipinski definition) is 1. The largest absolute Gasteiger partial charge is 0.354 e. The van der Waals surface area contributed by atoms with Gasteiger partial charge in [-0.3, -0.25) is 19.4 Å². The minimum Gasteiger partial charge on any atom is -0.354 e. The Morgan fingerprint density at radius 3 is 2.67 bits per heavy atom. The van der Waals surface area contributed by atoms with Crippen molar-refractivity contribution >= 4 is 5.91 Å². The molecule has 1 atom stereocenters. The normalized spacial score (nSPS) is 19.8. The maximum absolute atomic E-state index is 13.1. The van der Waals surface area contributed by atoms with Crippen LogP contribution in [0.25, 0.3) is 0 Å². The Balaban J connectivity index is 1.43. The molecule has 27 heavy (non-hydrogen) atoms. The molecule has 1 saturated carbocycles. The van der Waals surface area contributed by atoms with E-state index in [-0.39, 0.29) is 17.4 Å². The molecular weight excluding hydrogens is 338 g/mol. The van der Waals surface area contributed by atoms with Crippen LogP contribution in [0, 0.1) is 19.3 Å². The molecule has 2 aromatic rings. The van der Waals surface area contributed by atoms with Gasteiger partial charge in [0, 0.05) is 36.6 Å². The lowest BCUT2D eigenvalue weighted by Gasteiger charge is -2.27. The van der Waals surface area contributed by atoms with Gasteiger partial charge in [-0.25, -0.2) is 0 Å². The number of likely N-dealkylation sites (tertiary alicyclic amines) is 1. The molecule has 1 aliphatic carbocycles. The molecule has 6 heteroatoms. The monoisotopic (exact) mass is 367 g/mol. The Kier molecular flexibility index (Phi) is 5.00. The number of carbonyl (C=O) groups excluding carboxylic acids is 1. The molecule has 2 fully saturated rings. The predicted molar refractivity (Wildman–Crippen MR) is 104 cm³/mol. The molecule has 4 rings (SSSR count). The second kappa shape index (κ2) is 7.43. The van der Waals surface area contributed by atoms with Crippen molar-refractivity contribution in [2.75, 3.05) is 19.6 Å². The lowest BCUT2D eigenvalue weighted by Crippen LogP contribution is -2.42. The van der Waals surface area contributed by atoms with Crippen LogP contribution in [0.1, 0.15) is 48.7 Å². The van der Waals surface area contributed by atoms with Crippen molar-refractivity contribution in [1.82, 2.24) is 25.0 Å². The first-order chi connectivity index (χ1) is 13.1.